The summed E-state index contributed by atoms with van der Waals surface area (Å²) >= 11 is 0. The SMILES string of the molecule is Cn1c(=O)n(CCc2ccc(C(=O)O)cc2)c(=O)c2cc(C(=O)NCc3ccc(OC(F)(F)F)cc3)ccc21. The number of ether oxygens (including phenoxy) is 1. The highest BCUT2D eigenvalue weighted by Gasteiger charge is 2.31. The summed E-state index contributed by atoms with van der Waals surface area (Å²) in [5, 5.41) is 11.8. The first-order valence-corrected chi connectivity index (χ1v) is 11.6. The standard InChI is InChI=1S/C27H22F3N3O6/c1-32-22-11-8-19(23(34)31-15-17-4-9-20(10-5-17)39-27(28,29)30)14-21(22)24(35)33(26(32)38)13-12-16-2-6-18(7-3-16)25(36)37/h2-11,14H,12-13,15H2,1H3,(H,31,34)(H,36,37). The molecule has 12 heteroatoms. The van der Waals surface area contributed by atoms with Crippen molar-refractivity contribution in [1.29, 1.82) is 0 Å². The van der Waals surface area contributed by atoms with Gasteiger partial charge in [-0.1, -0.05) is 24.3 Å². The van der Waals surface area contributed by atoms with Crippen LogP contribution in [-0.4, -0.2) is 32.5 Å². The number of amides is 1. The second-order valence-corrected chi connectivity index (χ2v) is 8.66. The molecule has 0 saturated carbocycles. The molecule has 0 bridgehead atoms. The molecule has 4 rings (SSSR count). The van der Waals surface area contributed by atoms with Crippen molar-refractivity contribution in [3.05, 3.63) is 110 Å². The monoisotopic (exact) mass is 541 g/mol. The van der Waals surface area contributed by atoms with Crippen LogP contribution in [0.25, 0.3) is 10.9 Å². The third kappa shape index (κ3) is 6.35. The van der Waals surface area contributed by atoms with Gasteiger partial charge >= 0.3 is 18.0 Å². The topological polar surface area (TPSA) is 120 Å². The smallest absolute Gasteiger partial charge is 0.478 e. The van der Waals surface area contributed by atoms with Crippen LogP contribution >= 0.6 is 0 Å². The Morgan fingerprint density at radius 1 is 0.923 bits per heavy atom. The first kappa shape index (κ1) is 27.2. The zero-order valence-electron chi connectivity index (χ0n) is 20.5. The van der Waals surface area contributed by atoms with Crippen LogP contribution in [0.2, 0.25) is 0 Å². The van der Waals surface area contributed by atoms with Gasteiger partial charge in [0.15, 0.2) is 0 Å². The molecule has 0 unspecified atom stereocenters. The van der Waals surface area contributed by atoms with Gasteiger partial charge in [0.05, 0.1) is 16.5 Å². The van der Waals surface area contributed by atoms with Gasteiger partial charge < -0.3 is 15.2 Å². The number of aryl methyl sites for hydroxylation is 2. The summed E-state index contributed by atoms with van der Waals surface area (Å²) in [5.41, 5.74) is 0.765. The predicted molar refractivity (Wildman–Crippen MR) is 135 cm³/mol. The van der Waals surface area contributed by atoms with E-state index in [2.05, 4.69) is 10.1 Å². The average molecular weight is 541 g/mol. The predicted octanol–water partition coefficient (Wildman–Crippen LogP) is 3.47. The minimum atomic E-state index is -4.80. The largest absolute Gasteiger partial charge is 0.573 e. The molecule has 0 aliphatic heterocycles. The Hall–Kier alpha value is -4.87. The number of alkyl halides is 3. The highest BCUT2D eigenvalue weighted by atomic mass is 19.4. The number of aromatic nitrogens is 2. The molecule has 0 aliphatic carbocycles. The van der Waals surface area contributed by atoms with Crippen LogP contribution in [0.3, 0.4) is 0 Å². The number of nitrogens with zero attached hydrogens (tertiary/aromatic N) is 2. The molecule has 1 amide bonds. The van der Waals surface area contributed by atoms with Crippen LogP contribution in [-0.2, 0) is 26.6 Å². The fourth-order valence-electron chi connectivity index (χ4n) is 4.00. The van der Waals surface area contributed by atoms with Crippen LogP contribution in [0.4, 0.5) is 13.2 Å². The molecule has 0 radical (unpaired) electrons. The Labute approximate surface area is 218 Å². The van der Waals surface area contributed by atoms with Crippen molar-refractivity contribution in [2.45, 2.75) is 25.9 Å². The van der Waals surface area contributed by atoms with Gasteiger partial charge in [-0.15, -0.1) is 13.2 Å². The zero-order valence-corrected chi connectivity index (χ0v) is 20.5. The lowest BCUT2D eigenvalue weighted by Crippen LogP contribution is -2.39. The Morgan fingerprint density at radius 2 is 1.54 bits per heavy atom. The third-order valence-corrected chi connectivity index (χ3v) is 6.05. The Bertz CT molecular complexity index is 1660. The van der Waals surface area contributed by atoms with E-state index >= 15 is 0 Å². The molecule has 1 heterocycles. The summed E-state index contributed by atoms with van der Waals surface area (Å²) in [6, 6.07) is 15.5. The van der Waals surface area contributed by atoms with Gasteiger partial charge in [-0.2, -0.15) is 0 Å². The number of halogens is 3. The number of benzene rings is 3. The van der Waals surface area contributed by atoms with Gasteiger partial charge in [0.25, 0.3) is 11.5 Å². The van der Waals surface area contributed by atoms with Crippen molar-refractivity contribution in [2.24, 2.45) is 7.05 Å². The molecule has 202 valence electrons. The number of carbonyl (C=O) groups excluding carboxylic acids is 1. The van der Waals surface area contributed by atoms with Gasteiger partial charge in [-0.25, -0.2) is 9.59 Å². The summed E-state index contributed by atoms with van der Waals surface area (Å²) in [6.45, 7) is 0.0552. The zero-order chi connectivity index (χ0) is 28.3. The van der Waals surface area contributed by atoms with Crippen LogP contribution in [0.1, 0.15) is 31.8 Å². The van der Waals surface area contributed by atoms with Crippen LogP contribution in [0.15, 0.2) is 76.3 Å². The van der Waals surface area contributed by atoms with Gasteiger partial charge in [0.1, 0.15) is 5.75 Å². The van der Waals surface area contributed by atoms with Crippen molar-refractivity contribution in [2.75, 3.05) is 0 Å². The van der Waals surface area contributed by atoms with Gasteiger partial charge in [0.2, 0.25) is 0 Å². The highest BCUT2D eigenvalue weighted by Crippen LogP contribution is 2.22. The maximum Gasteiger partial charge on any atom is 0.573 e. The molecule has 3 aromatic carbocycles. The second-order valence-electron chi connectivity index (χ2n) is 8.66. The fourth-order valence-corrected chi connectivity index (χ4v) is 4.00. The van der Waals surface area contributed by atoms with E-state index in [0.717, 1.165) is 22.3 Å². The van der Waals surface area contributed by atoms with E-state index in [4.69, 9.17) is 5.11 Å². The van der Waals surface area contributed by atoms with Crippen LogP contribution < -0.4 is 21.3 Å². The van der Waals surface area contributed by atoms with E-state index < -0.39 is 29.5 Å². The minimum Gasteiger partial charge on any atom is -0.478 e. The number of carboxylic acids is 1. The fraction of sp³-hybridized carbons (Fsp3) is 0.185. The molecule has 0 fully saturated rings. The van der Waals surface area contributed by atoms with Gasteiger partial charge in [0, 0.05) is 25.7 Å². The minimum absolute atomic E-state index is 0.0152. The van der Waals surface area contributed by atoms with E-state index in [1.807, 2.05) is 0 Å². The van der Waals surface area contributed by atoms with Crippen molar-refractivity contribution in [1.82, 2.24) is 14.5 Å². The van der Waals surface area contributed by atoms with Gasteiger partial charge in [-0.3, -0.25) is 18.7 Å². The first-order valence-electron chi connectivity index (χ1n) is 11.6. The molecule has 39 heavy (non-hydrogen) atoms. The molecule has 0 atom stereocenters. The number of hydrogen-bond donors (Lipinski definition) is 2. The van der Waals surface area contributed by atoms with Crippen molar-refractivity contribution < 1.29 is 32.6 Å². The van der Waals surface area contributed by atoms with Crippen molar-refractivity contribution >= 4 is 22.8 Å². The lowest BCUT2D eigenvalue weighted by molar-refractivity contribution is -0.274. The number of carboxylic acid groups (broad SMARTS) is 1. The van der Waals surface area contributed by atoms with E-state index in [9.17, 15) is 32.3 Å². The summed E-state index contributed by atoms with van der Waals surface area (Å²) in [5.74, 6) is -1.97. The normalized spacial score (nSPS) is 11.4. The Balaban J connectivity index is 1.51. The number of aromatic carboxylic acids is 1. The molecule has 0 spiro atoms. The number of fused-ring (bicyclic) bond motifs is 1. The van der Waals surface area contributed by atoms with E-state index in [-0.39, 0.29) is 35.4 Å². The molecule has 9 nitrogen and oxygen atoms in total. The quantitative estimate of drug-likeness (QED) is 0.353. The number of hydrogen-bond acceptors (Lipinski definition) is 5. The molecular formula is C27H22F3N3O6. The van der Waals surface area contributed by atoms with Crippen LogP contribution in [0, 0.1) is 0 Å². The van der Waals surface area contributed by atoms with Crippen molar-refractivity contribution in [3.63, 3.8) is 0 Å². The summed E-state index contributed by atoms with van der Waals surface area (Å²) < 4.78 is 43.1. The molecule has 0 aliphatic rings. The maximum absolute atomic E-state index is 13.2. The Morgan fingerprint density at radius 3 is 2.15 bits per heavy atom. The molecule has 1 aromatic heterocycles. The number of rotatable bonds is 8. The molecule has 0 saturated heterocycles. The Kier molecular flexibility index (Phi) is 7.56. The molecular weight excluding hydrogens is 519 g/mol. The summed E-state index contributed by atoms with van der Waals surface area (Å²) in [4.78, 5) is 49.8. The van der Waals surface area contributed by atoms with E-state index in [1.54, 1.807) is 12.1 Å². The highest BCUT2D eigenvalue weighted by molar-refractivity contribution is 5.97. The molecule has 2 N–H and O–H groups in total. The third-order valence-electron chi connectivity index (χ3n) is 6.05. The lowest BCUT2D eigenvalue weighted by Gasteiger charge is -2.12. The summed E-state index contributed by atoms with van der Waals surface area (Å²) in [6.07, 6.45) is -4.50. The van der Waals surface area contributed by atoms with E-state index in [1.165, 1.54) is 54.1 Å². The average Bonchev–Trinajstić information content (AvgIpc) is 2.90. The molecule has 4 aromatic rings. The number of carbonyl (C=O) groups is 2. The van der Waals surface area contributed by atoms with Crippen molar-refractivity contribution in [3.8, 4) is 5.75 Å². The maximum atomic E-state index is 13.2. The van der Waals surface area contributed by atoms with Gasteiger partial charge in [-0.05, 0) is 60.0 Å². The van der Waals surface area contributed by atoms with Crippen LogP contribution in [0.5, 0.6) is 5.75 Å². The first-order chi connectivity index (χ1) is 18.4. The number of nitrogens with one attached hydrogen (secondary N) is 1. The lowest BCUT2D eigenvalue weighted by atomic mass is 10.1. The summed E-state index contributed by atoms with van der Waals surface area (Å²) in [7, 11) is 1.51. The second kappa shape index (κ2) is 10.9. The van der Waals surface area contributed by atoms with E-state index in [0.29, 0.717) is 17.5 Å².